The molecule has 0 radical (unpaired) electrons. The van der Waals surface area contributed by atoms with E-state index in [1.807, 2.05) is 62.4 Å². The molecular formula is C26H30N2O4S. The number of hydrogen-bond acceptors (Lipinski definition) is 4. The Labute approximate surface area is 196 Å². The van der Waals surface area contributed by atoms with Gasteiger partial charge in [-0.1, -0.05) is 55.5 Å². The van der Waals surface area contributed by atoms with Crippen molar-refractivity contribution in [1.29, 1.82) is 0 Å². The molecule has 0 unspecified atom stereocenters. The van der Waals surface area contributed by atoms with Gasteiger partial charge in [0.05, 0.1) is 18.6 Å². The van der Waals surface area contributed by atoms with Crippen LogP contribution in [-0.4, -0.2) is 38.8 Å². The van der Waals surface area contributed by atoms with Crippen LogP contribution >= 0.6 is 0 Å². The van der Waals surface area contributed by atoms with Gasteiger partial charge in [-0.15, -0.1) is 0 Å². The Hall–Kier alpha value is -3.16. The van der Waals surface area contributed by atoms with Crippen LogP contribution in [0.3, 0.4) is 0 Å². The van der Waals surface area contributed by atoms with E-state index in [1.165, 1.54) is 23.5 Å². The van der Waals surface area contributed by atoms with E-state index in [0.717, 1.165) is 28.8 Å². The van der Waals surface area contributed by atoms with E-state index >= 15 is 0 Å². The minimum Gasteiger partial charge on any atom is -0.497 e. The van der Waals surface area contributed by atoms with Crippen LogP contribution in [0.4, 0.5) is 5.69 Å². The van der Waals surface area contributed by atoms with E-state index in [9.17, 15) is 13.2 Å². The van der Waals surface area contributed by atoms with Gasteiger partial charge in [-0.3, -0.25) is 4.79 Å². The number of ether oxygens (including phenoxy) is 1. The van der Waals surface area contributed by atoms with Crippen molar-refractivity contribution < 1.29 is 17.9 Å². The maximum atomic E-state index is 13.4. The first-order chi connectivity index (χ1) is 15.8. The van der Waals surface area contributed by atoms with Gasteiger partial charge in [-0.05, 0) is 60.7 Å². The van der Waals surface area contributed by atoms with Crippen LogP contribution in [0.5, 0.6) is 5.75 Å². The molecular weight excluding hydrogens is 436 g/mol. The number of aryl methyl sites for hydroxylation is 2. The van der Waals surface area contributed by atoms with Gasteiger partial charge in [0.15, 0.2) is 0 Å². The number of nitrogens with zero attached hydrogens (tertiary/aromatic N) is 1. The number of methoxy groups -OCH3 is 1. The molecule has 0 saturated heterocycles. The number of hydrogen-bond donors (Lipinski definition) is 1. The van der Waals surface area contributed by atoms with Crippen LogP contribution in [-0.2, 0) is 27.7 Å². The summed E-state index contributed by atoms with van der Waals surface area (Å²) in [5.74, 6) is 0.193. The van der Waals surface area contributed by atoms with Gasteiger partial charge in [-0.25, -0.2) is 8.42 Å². The Morgan fingerprint density at radius 2 is 1.67 bits per heavy atom. The number of carbonyl (C=O) groups excluding carboxylic acids is 1. The fourth-order valence-electron chi connectivity index (χ4n) is 3.62. The predicted octanol–water partition coefficient (Wildman–Crippen LogP) is 4.44. The van der Waals surface area contributed by atoms with Crippen LogP contribution < -0.4 is 10.1 Å². The quantitative estimate of drug-likeness (QED) is 0.479. The highest BCUT2D eigenvalue weighted by Crippen LogP contribution is 2.23. The number of nitrogens with one attached hydrogen (secondary N) is 1. The summed E-state index contributed by atoms with van der Waals surface area (Å²) in [7, 11) is -2.37. The SMILES string of the molecule is CCc1cccc(C)c1NC(=O)CN(CCc1ccccc1)S(=O)(=O)c1ccc(OC)cc1. The molecule has 0 bridgehead atoms. The third kappa shape index (κ3) is 6.21. The highest BCUT2D eigenvalue weighted by Gasteiger charge is 2.27. The Balaban J connectivity index is 1.85. The summed E-state index contributed by atoms with van der Waals surface area (Å²) in [5, 5.41) is 2.94. The molecule has 3 aromatic carbocycles. The smallest absolute Gasteiger partial charge is 0.243 e. The lowest BCUT2D eigenvalue weighted by Crippen LogP contribution is -2.39. The van der Waals surface area contributed by atoms with Gasteiger partial charge in [-0.2, -0.15) is 4.31 Å². The summed E-state index contributed by atoms with van der Waals surface area (Å²) in [5.41, 5.74) is 3.70. The number of para-hydroxylation sites is 1. The molecule has 7 heteroatoms. The average Bonchev–Trinajstić information content (AvgIpc) is 2.83. The molecule has 0 aliphatic carbocycles. The third-order valence-electron chi connectivity index (χ3n) is 5.51. The van der Waals surface area contributed by atoms with Crippen molar-refractivity contribution in [3.05, 3.63) is 89.5 Å². The lowest BCUT2D eigenvalue weighted by atomic mass is 10.1. The number of sulfonamides is 1. The second-order valence-corrected chi connectivity index (χ2v) is 9.70. The molecule has 0 heterocycles. The van der Waals surface area contributed by atoms with Crippen molar-refractivity contribution in [1.82, 2.24) is 4.31 Å². The molecule has 3 rings (SSSR count). The van der Waals surface area contributed by atoms with Crippen LogP contribution in [0, 0.1) is 6.92 Å². The van der Waals surface area contributed by atoms with Crippen molar-refractivity contribution >= 4 is 21.6 Å². The molecule has 174 valence electrons. The summed E-state index contributed by atoms with van der Waals surface area (Å²) >= 11 is 0. The maximum Gasteiger partial charge on any atom is 0.243 e. The summed E-state index contributed by atoms with van der Waals surface area (Å²) in [6.07, 6.45) is 1.26. The molecule has 0 fully saturated rings. The Morgan fingerprint density at radius 3 is 2.30 bits per heavy atom. The number of anilines is 1. The van der Waals surface area contributed by atoms with E-state index in [0.29, 0.717) is 12.2 Å². The summed E-state index contributed by atoms with van der Waals surface area (Å²) in [4.78, 5) is 13.1. The van der Waals surface area contributed by atoms with Crippen molar-refractivity contribution in [3.63, 3.8) is 0 Å². The van der Waals surface area contributed by atoms with Crippen molar-refractivity contribution in [2.24, 2.45) is 0 Å². The van der Waals surface area contributed by atoms with Crippen LogP contribution in [0.25, 0.3) is 0 Å². The third-order valence-corrected chi connectivity index (χ3v) is 7.37. The molecule has 1 amide bonds. The number of benzene rings is 3. The predicted molar refractivity (Wildman–Crippen MR) is 131 cm³/mol. The molecule has 0 saturated carbocycles. The van der Waals surface area contributed by atoms with Crippen molar-refractivity contribution in [2.45, 2.75) is 31.6 Å². The first-order valence-electron chi connectivity index (χ1n) is 10.9. The van der Waals surface area contributed by atoms with Gasteiger partial charge in [0.2, 0.25) is 15.9 Å². The highest BCUT2D eigenvalue weighted by molar-refractivity contribution is 7.89. The van der Waals surface area contributed by atoms with Crippen LogP contribution in [0.15, 0.2) is 77.7 Å². The lowest BCUT2D eigenvalue weighted by molar-refractivity contribution is -0.116. The number of rotatable bonds is 10. The van der Waals surface area contributed by atoms with E-state index in [2.05, 4.69) is 5.32 Å². The van der Waals surface area contributed by atoms with Crippen LogP contribution in [0.2, 0.25) is 0 Å². The van der Waals surface area contributed by atoms with E-state index < -0.39 is 10.0 Å². The minimum atomic E-state index is -3.89. The van der Waals surface area contributed by atoms with Gasteiger partial charge in [0.25, 0.3) is 0 Å². The molecule has 0 spiro atoms. The standard InChI is InChI=1S/C26H30N2O4S/c1-4-22-12-8-9-20(2)26(22)27-25(29)19-28(18-17-21-10-6-5-7-11-21)33(30,31)24-15-13-23(32-3)14-16-24/h5-16H,4,17-19H2,1-3H3,(H,27,29). The van der Waals surface area contributed by atoms with E-state index in [-0.39, 0.29) is 23.9 Å². The Kier molecular flexibility index (Phi) is 8.25. The zero-order valence-corrected chi connectivity index (χ0v) is 20.1. The fraction of sp³-hybridized carbons (Fsp3) is 0.269. The summed E-state index contributed by atoms with van der Waals surface area (Å²) in [6, 6.07) is 21.7. The molecule has 0 aliphatic rings. The van der Waals surface area contributed by atoms with E-state index in [4.69, 9.17) is 4.74 Å². The van der Waals surface area contributed by atoms with Crippen molar-refractivity contribution in [2.75, 3.05) is 25.5 Å². The monoisotopic (exact) mass is 466 g/mol. The second kappa shape index (κ2) is 11.1. The average molecular weight is 467 g/mol. The normalized spacial score (nSPS) is 11.4. The topological polar surface area (TPSA) is 75.7 Å². The van der Waals surface area contributed by atoms with Gasteiger partial charge in [0.1, 0.15) is 5.75 Å². The molecule has 0 aliphatic heterocycles. The maximum absolute atomic E-state index is 13.4. The molecule has 33 heavy (non-hydrogen) atoms. The fourth-order valence-corrected chi connectivity index (χ4v) is 5.02. The van der Waals surface area contributed by atoms with Gasteiger partial charge >= 0.3 is 0 Å². The van der Waals surface area contributed by atoms with Crippen LogP contribution in [0.1, 0.15) is 23.6 Å². The highest BCUT2D eigenvalue weighted by atomic mass is 32.2. The zero-order chi connectivity index (χ0) is 23.8. The van der Waals surface area contributed by atoms with Gasteiger partial charge < -0.3 is 10.1 Å². The number of carbonyl (C=O) groups is 1. The molecule has 1 N–H and O–H groups in total. The number of amides is 1. The lowest BCUT2D eigenvalue weighted by Gasteiger charge is -2.23. The molecule has 0 aromatic heterocycles. The Bertz CT molecular complexity index is 1180. The molecule has 0 atom stereocenters. The summed E-state index contributed by atoms with van der Waals surface area (Å²) in [6.45, 7) is 3.85. The zero-order valence-electron chi connectivity index (χ0n) is 19.2. The first-order valence-corrected chi connectivity index (χ1v) is 12.4. The largest absolute Gasteiger partial charge is 0.497 e. The second-order valence-electron chi connectivity index (χ2n) is 7.76. The Morgan fingerprint density at radius 1 is 0.970 bits per heavy atom. The van der Waals surface area contributed by atoms with E-state index in [1.54, 1.807) is 12.1 Å². The summed E-state index contributed by atoms with van der Waals surface area (Å²) < 4.78 is 33.2. The molecule has 3 aromatic rings. The minimum absolute atomic E-state index is 0.120. The molecule has 6 nitrogen and oxygen atoms in total. The van der Waals surface area contributed by atoms with Gasteiger partial charge in [0, 0.05) is 12.2 Å². The first kappa shape index (κ1) is 24.5. The van der Waals surface area contributed by atoms with Crippen molar-refractivity contribution in [3.8, 4) is 5.75 Å².